The van der Waals surface area contributed by atoms with Crippen LogP contribution in [0.3, 0.4) is 0 Å². The van der Waals surface area contributed by atoms with Gasteiger partial charge in [-0.1, -0.05) is 30.3 Å². The first kappa shape index (κ1) is 23.5. The fraction of sp³-hybridized carbons (Fsp3) is 0.571. The van der Waals surface area contributed by atoms with E-state index in [2.05, 4.69) is 5.32 Å². The van der Waals surface area contributed by atoms with Crippen LogP contribution in [0.5, 0.6) is 0 Å². The van der Waals surface area contributed by atoms with Crippen LogP contribution in [0, 0.1) is 0 Å². The zero-order valence-electron chi connectivity index (χ0n) is 17.8. The number of alkyl carbamates (subject to hydrolysis) is 1. The maximum Gasteiger partial charge on any atom is 0.408 e. The van der Waals surface area contributed by atoms with Crippen molar-refractivity contribution >= 4 is 18.1 Å². The van der Waals surface area contributed by atoms with Crippen molar-refractivity contribution in [1.82, 2.24) is 15.1 Å². The molecule has 1 aromatic rings. The minimum atomic E-state index is -1.00. The smallest absolute Gasteiger partial charge is 0.408 e. The Morgan fingerprint density at radius 1 is 1.07 bits per heavy atom. The number of carbonyl (C=O) groups excluding carboxylic acids is 2. The largest absolute Gasteiger partial charge is 0.465 e. The van der Waals surface area contributed by atoms with E-state index in [4.69, 9.17) is 14.6 Å². The van der Waals surface area contributed by atoms with Crippen molar-refractivity contribution in [2.24, 2.45) is 0 Å². The summed E-state index contributed by atoms with van der Waals surface area (Å²) in [5, 5.41) is 11.7. The van der Waals surface area contributed by atoms with Gasteiger partial charge < -0.3 is 29.7 Å². The Kier molecular flexibility index (Phi) is 8.46. The number of carbonyl (C=O) groups is 3. The lowest BCUT2D eigenvalue weighted by atomic mass is 10.1. The summed E-state index contributed by atoms with van der Waals surface area (Å²) in [6.45, 7) is 6.97. The summed E-state index contributed by atoms with van der Waals surface area (Å²) >= 11 is 0. The summed E-state index contributed by atoms with van der Waals surface area (Å²) in [6, 6.07) is 8.85. The number of rotatable bonds is 7. The molecule has 9 nitrogen and oxygen atoms in total. The highest BCUT2D eigenvalue weighted by molar-refractivity contribution is 5.86. The van der Waals surface area contributed by atoms with E-state index < -0.39 is 23.8 Å². The van der Waals surface area contributed by atoms with Crippen LogP contribution in [0.4, 0.5) is 9.59 Å². The molecule has 2 N–H and O–H groups in total. The lowest BCUT2D eigenvalue weighted by molar-refractivity contribution is -0.135. The van der Waals surface area contributed by atoms with Crippen molar-refractivity contribution in [3.8, 4) is 0 Å². The average molecular weight is 421 g/mol. The Hall–Kier alpha value is -2.81. The van der Waals surface area contributed by atoms with Gasteiger partial charge in [-0.05, 0) is 26.3 Å². The summed E-state index contributed by atoms with van der Waals surface area (Å²) in [4.78, 5) is 39.1. The van der Waals surface area contributed by atoms with E-state index in [0.29, 0.717) is 6.61 Å². The van der Waals surface area contributed by atoms with Gasteiger partial charge in [0.25, 0.3) is 0 Å². The third kappa shape index (κ3) is 7.90. The van der Waals surface area contributed by atoms with Crippen LogP contribution in [0.1, 0.15) is 32.8 Å². The molecule has 0 radical (unpaired) electrons. The van der Waals surface area contributed by atoms with Crippen LogP contribution >= 0.6 is 0 Å². The zero-order chi connectivity index (χ0) is 22.1. The summed E-state index contributed by atoms with van der Waals surface area (Å²) in [5.74, 6) is -0.269. The van der Waals surface area contributed by atoms with E-state index in [1.165, 1.54) is 4.90 Å². The second-order valence-corrected chi connectivity index (χ2v) is 8.12. The molecule has 0 unspecified atom stereocenters. The van der Waals surface area contributed by atoms with Gasteiger partial charge >= 0.3 is 12.2 Å². The van der Waals surface area contributed by atoms with Crippen LogP contribution in [0.2, 0.25) is 0 Å². The normalized spacial score (nSPS) is 15.4. The van der Waals surface area contributed by atoms with Gasteiger partial charge in [-0.15, -0.1) is 0 Å². The monoisotopic (exact) mass is 421 g/mol. The summed E-state index contributed by atoms with van der Waals surface area (Å²) in [7, 11) is 0. The van der Waals surface area contributed by atoms with Crippen molar-refractivity contribution in [3.05, 3.63) is 35.9 Å². The third-order valence-corrected chi connectivity index (χ3v) is 4.51. The van der Waals surface area contributed by atoms with Crippen LogP contribution < -0.4 is 5.32 Å². The van der Waals surface area contributed by atoms with Crippen molar-refractivity contribution in [1.29, 1.82) is 0 Å². The van der Waals surface area contributed by atoms with Crippen molar-refractivity contribution in [2.45, 2.75) is 45.4 Å². The topological polar surface area (TPSA) is 108 Å². The first-order chi connectivity index (χ1) is 14.2. The predicted octanol–water partition coefficient (Wildman–Crippen LogP) is 2.31. The average Bonchev–Trinajstić information content (AvgIpc) is 2.69. The lowest BCUT2D eigenvalue weighted by Gasteiger charge is -2.35. The number of amides is 3. The minimum Gasteiger partial charge on any atom is -0.465 e. The lowest BCUT2D eigenvalue weighted by Crippen LogP contribution is -2.56. The van der Waals surface area contributed by atoms with Crippen LogP contribution in [-0.4, -0.2) is 77.4 Å². The molecule has 1 aliphatic heterocycles. The van der Waals surface area contributed by atoms with Gasteiger partial charge in [0.15, 0.2) is 0 Å². The second-order valence-electron chi connectivity index (χ2n) is 8.12. The Morgan fingerprint density at radius 3 is 2.23 bits per heavy atom. The minimum absolute atomic E-state index is 0.241. The molecule has 0 aromatic heterocycles. The fourth-order valence-electron chi connectivity index (χ4n) is 3.01. The van der Waals surface area contributed by atoms with E-state index in [0.717, 1.165) is 5.56 Å². The molecule has 1 saturated heterocycles. The third-order valence-electron chi connectivity index (χ3n) is 4.51. The molecule has 1 heterocycles. The number of nitrogens with zero attached hydrogens (tertiary/aromatic N) is 2. The molecule has 0 saturated carbocycles. The number of nitrogens with one attached hydrogen (secondary N) is 1. The number of hydrogen-bond donors (Lipinski definition) is 2. The molecule has 1 fully saturated rings. The highest BCUT2D eigenvalue weighted by Gasteiger charge is 2.31. The zero-order valence-corrected chi connectivity index (χ0v) is 17.8. The molecule has 1 aromatic carbocycles. The second kappa shape index (κ2) is 10.8. The van der Waals surface area contributed by atoms with Gasteiger partial charge in [-0.3, -0.25) is 4.79 Å². The highest BCUT2D eigenvalue weighted by atomic mass is 16.6. The standard InChI is InChI=1S/C21H31N3O6/c1-21(2,3)30-19(26)22-17(9-14-29-15-16-7-5-4-6-8-16)18(25)23-10-12-24(13-11-23)20(27)28/h4-8,17H,9-15H2,1-3H3,(H,22,26)(H,27,28)/t17-/m0/s1. The predicted molar refractivity (Wildman–Crippen MR) is 110 cm³/mol. The number of carboxylic acid groups (broad SMARTS) is 1. The molecule has 0 bridgehead atoms. The van der Waals surface area contributed by atoms with Crippen LogP contribution in [0.15, 0.2) is 30.3 Å². The molecule has 1 atom stereocenters. The maximum atomic E-state index is 13.0. The molecule has 9 heteroatoms. The molecule has 3 amide bonds. The van der Waals surface area contributed by atoms with E-state index >= 15 is 0 Å². The van der Waals surface area contributed by atoms with E-state index in [-0.39, 0.29) is 45.1 Å². The summed E-state index contributed by atoms with van der Waals surface area (Å²) in [5.41, 5.74) is 0.333. The highest BCUT2D eigenvalue weighted by Crippen LogP contribution is 2.11. The van der Waals surface area contributed by atoms with Crippen molar-refractivity contribution in [3.63, 3.8) is 0 Å². The van der Waals surface area contributed by atoms with Crippen LogP contribution in [-0.2, 0) is 20.9 Å². The summed E-state index contributed by atoms with van der Waals surface area (Å²) in [6.07, 6.45) is -1.39. The van der Waals surface area contributed by atoms with Crippen molar-refractivity contribution in [2.75, 3.05) is 32.8 Å². The van der Waals surface area contributed by atoms with Gasteiger partial charge in [-0.25, -0.2) is 9.59 Å². The Labute approximate surface area is 176 Å². The van der Waals surface area contributed by atoms with Crippen LogP contribution in [0.25, 0.3) is 0 Å². The van der Waals surface area contributed by atoms with Gasteiger partial charge in [0.2, 0.25) is 5.91 Å². The van der Waals surface area contributed by atoms with E-state index in [1.807, 2.05) is 30.3 Å². The maximum absolute atomic E-state index is 13.0. The van der Waals surface area contributed by atoms with E-state index in [1.54, 1.807) is 25.7 Å². The first-order valence-corrected chi connectivity index (χ1v) is 10.0. The molecule has 1 aliphatic rings. The molecule has 30 heavy (non-hydrogen) atoms. The molecule has 2 rings (SSSR count). The number of piperazine rings is 1. The van der Waals surface area contributed by atoms with Crippen molar-refractivity contribution < 1.29 is 29.0 Å². The molecule has 0 aliphatic carbocycles. The molecular weight excluding hydrogens is 390 g/mol. The number of benzene rings is 1. The SMILES string of the molecule is CC(C)(C)OC(=O)N[C@@H](CCOCc1ccccc1)C(=O)N1CCN(C(=O)O)CC1. The first-order valence-electron chi connectivity index (χ1n) is 10.0. The Morgan fingerprint density at radius 2 is 1.67 bits per heavy atom. The quantitative estimate of drug-likeness (QED) is 0.654. The number of ether oxygens (including phenoxy) is 2. The van der Waals surface area contributed by atoms with Gasteiger partial charge in [0, 0.05) is 39.2 Å². The molecule has 0 spiro atoms. The molecule has 166 valence electrons. The number of hydrogen-bond acceptors (Lipinski definition) is 5. The van der Waals surface area contributed by atoms with Gasteiger partial charge in [-0.2, -0.15) is 0 Å². The van der Waals surface area contributed by atoms with E-state index in [9.17, 15) is 14.4 Å². The van der Waals surface area contributed by atoms with Gasteiger partial charge in [0.05, 0.1) is 6.61 Å². The van der Waals surface area contributed by atoms with Gasteiger partial charge in [0.1, 0.15) is 11.6 Å². The summed E-state index contributed by atoms with van der Waals surface area (Å²) < 4.78 is 11.0. The fourth-order valence-corrected chi connectivity index (χ4v) is 3.01. The molecular formula is C21H31N3O6. The Bertz CT molecular complexity index is 711. The Balaban J connectivity index is 1.93.